The summed E-state index contributed by atoms with van der Waals surface area (Å²) in [6.07, 6.45) is 0. The summed E-state index contributed by atoms with van der Waals surface area (Å²) in [6, 6.07) is 11.0. The maximum atomic E-state index is 12.3. The SMILES string of the molecule is COc1cc(OC)c(OC)cc1CNC(=O)c1ccccc1C. The van der Waals surface area contributed by atoms with E-state index in [0.717, 1.165) is 11.1 Å². The van der Waals surface area contributed by atoms with Crippen LogP contribution in [-0.2, 0) is 6.54 Å². The Labute approximate surface area is 136 Å². The Balaban J connectivity index is 2.20. The van der Waals surface area contributed by atoms with E-state index in [0.29, 0.717) is 29.4 Å². The minimum atomic E-state index is -0.125. The second kappa shape index (κ2) is 7.54. The third-order valence-electron chi connectivity index (χ3n) is 3.62. The summed E-state index contributed by atoms with van der Waals surface area (Å²) in [6.45, 7) is 2.24. The van der Waals surface area contributed by atoms with E-state index in [-0.39, 0.29) is 5.91 Å². The van der Waals surface area contributed by atoms with Gasteiger partial charge >= 0.3 is 0 Å². The molecule has 1 N–H and O–H groups in total. The van der Waals surface area contributed by atoms with Gasteiger partial charge in [0.15, 0.2) is 11.5 Å². The average Bonchev–Trinajstić information content (AvgIpc) is 2.59. The van der Waals surface area contributed by atoms with Crippen molar-refractivity contribution in [3.05, 3.63) is 53.1 Å². The van der Waals surface area contributed by atoms with Gasteiger partial charge in [0.1, 0.15) is 5.75 Å². The second-order valence-electron chi connectivity index (χ2n) is 5.02. The first-order valence-corrected chi connectivity index (χ1v) is 7.23. The molecule has 0 bridgehead atoms. The molecule has 122 valence electrons. The van der Waals surface area contributed by atoms with Crippen molar-refractivity contribution in [1.29, 1.82) is 0 Å². The molecular formula is C18H21NO4. The largest absolute Gasteiger partial charge is 0.496 e. The summed E-state index contributed by atoms with van der Waals surface area (Å²) < 4.78 is 15.9. The quantitative estimate of drug-likeness (QED) is 0.890. The minimum Gasteiger partial charge on any atom is -0.496 e. The summed E-state index contributed by atoms with van der Waals surface area (Å²) in [5.74, 6) is 1.68. The Hall–Kier alpha value is -2.69. The third kappa shape index (κ3) is 3.74. The van der Waals surface area contributed by atoms with Gasteiger partial charge in [-0.15, -0.1) is 0 Å². The molecule has 0 fully saturated rings. The molecule has 5 nitrogen and oxygen atoms in total. The fraction of sp³-hybridized carbons (Fsp3) is 0.278. The van der Waals surface area contributed by atoms with Gasteiger partial charge in [0, 0.05) is 23.7 Å². The van der Waals surface area contributed by atoms with Crippen molar-refractivity contribution in [3.8, 4) is 17.2 Å². The molecule has 0 saturated heterocycles. The summed E-state index contributed by atoms with van der Waals surface area (Å²) in [5.41, 5.74) is 2.41. The highest BCUT2D eigenvalue weighted by atomic mass is 16.5. The van der Waals surface area contributed by atoms with E-state index in [1.807, 2.05) is 25.1 Å². The molecule has 0 heterocycles. The molecule has 1 amide bonds. The van der Waals surface area contributed by atoms with Crippen LogP contribution >= 0.6 is 0 Å². The fourth-order valence-electron chi connectivity index (χ4n) is 2.33. The van der Waals surface area contributed by atoms with Crippen LogP contribution in [-0.4, -0.2) is 27.2 Å². The van der Waals surface area contributed by atoms with E-state index < -0.39 is 0 Å². The highest BCUT2D eigenvalue weighted by molar-refractivity contribution is 5.95. The number of ether oxygens (including phenoxy) is 3. The molecule has 0 aliphatic rings. The molecule has 2 rings (SSSR count). The van der Waals surface area contributed by atoms with E-state index in [4.69, 9.17) is 14.2 Å². The van der Waals surface area contributed by atoms with E-state index in [2.05, 4.69) is 5.32 Å². The molecule has 2 aromatic rings. The van der Waals surface area contributed by atoms with E-state index in [9.17, 15) is 4.79 Å². The number of methoxy groups -OCH3 is 3. The lowest BCUT2D eigenvalue weighted by molar-refractivity contribution is 0.0950. The molecule has 0 unspecified atom stereocenters. The molecule has 0 aromatic heterocycles. The van der Waals surface area contributed by atoms with E-state index >= 15 is 0 Å². The number of amides is 1. The number of benzene rings is 2. The number of carbonyl (C=O) groups excluding carboxylic acids is 1. The topological polar surface area (TPSA) is 56.8 Å². The highest BCUT2D eigenvalue weighted by Gasteiger charge is 2.14. The Morgan fingerprint density at radius 1 is 0.957 bits per heavy atom. The Morgan fingerprint density at radius 3 is 2.17 bits per heavy atom. The van der Waals surface area contributed by atoms with Crippen LogP contribution in [0.3, 0.4) is 0 Å². The molecule has 0 saturated carbocycles. The van der Waals surface area contributed by atoms with Gasteiger partial charge in [-0.3, -0.25) is 4.79 Å². The van der Waals surface area contributed by atoms with Crippen molar-refractivity contribution in [2.24, 2.45) is 0 Å². The molecule has 2 aromatic carbocycles. The van der Waals surface area contributed by atoms with Gasteiger partial charge in [0.25, 0.3) is 5.91 Å². The van der Waals surface area contributed by atoms with Crippen LogP contribution in [0.2, 0.25) is 0 Å². The molecule has 0 atom stereocenters. The maximum Gasteiger partial charge on any atom is 0.251 e. The van der Waals surface area contributed by atoms with Crippen molar-refractivity contribution >= 4 is 5.91 Å². The lowest BCUT2D eigenvalue weighted by Gasteiger charge is -2.15. The van der Waals surface area contributed by atoms with Gasteiger partial charge in [-0.1, -0.05) is 18.2 Å². The van der Waals surface area contributed by atoms with Crippen LogP contribution < -0.4 is 19.5 Å². The van der Waals surface area contributed by atoms with Crippen LogP contribution in [0.15, 0.2) is 36.4 Å². The van der Waals surface area contributed by atoms with Gasteiger partial charge in [-0.2, -0.15) is 0 Å². The van der Waals surface area contributed by atoms with E-state index in [1.54, 1.807) is 39.5 Å². The van der Waals surface area contributed by atoms with Crippen molar-refractivity contribution in [3.63, 3.8) is 0 Å². The Kier molecular flexibility index (Phi) is 5.46. The summed E-state index contributed by atoms with van der Waals surface area (Å²) in [7, 11) is 4.71. The Bertz CT molecular complexity index is 697. The number of carbonyl (C=O) groups is 1. The number of rotatable bonds is 6. The Morgan fingerprint density at radius 2 is 1.57 bits per heavy atom. The molecule has 0 aliphatic heterocycles. The lowest BCUT2D eigenvalue weighted by Crippen LogP contribution is -2.23. The summed E-state index contributed by atoms with van der Waals surface area (Å²) >= 11 is 0. The molecule has 5 heteroatoms. The minimum absolute atomic E-state index is 0.125. The predicted molar refractivity (Wildman–Crippen MR) is 88.4 cm³/mol. The first kappa shape index (κ1) is 16.7. The first-order chi connectivity index (χ1) is 11.1. The number of nitrogens with one attached hydrogen (secondary N) is 1. The van der Waals surface area contributed by atoms with Crippen molar-refractivity contribution < 1.29 is 19.0 Å². The molecule has 23 heavy (non-hydrogen) atoms. The van der Waals surface area contributed by atoms with Crippen molar-refractivity contribution in [2.75, 3.05) is 21.3 Å². The number of hydrogen-bond acceptors (Lipinski definition) is 4. The van der Waals surface area contributed by atoms with Gasteiger partial charge in [0.2, 0.25) is 0 Å². The van der Waals surface area contributed by atoms with Gasteiger partial charge in [-0.05, 0) is 24.6 Å². The van der Waals surface area contributed by atoms with Crippen molar-refractivity contribution in [2.45, 2.75) is 13.5 Å². The number of hydrogen-bond donors (Lipinski definition) is 1. The van der Waals surface area contributed by atoms with E-state index in [1.165, 1.54) is 0 Å². The first-order valence-electron chi connectivity index (χ1n) is 7.23. The summed E-state index contributed by atoms with van der Waals surface area (Å²) in [5, 5.41) is 2.90. The fourth-order valence-corrected chi connectivity index (χ4v) is 2.33. The molecule has 0 aliphatic carbocycles. The zero-order valence-corrected chi connectivity index (χ0v) is 13.8. The van der Waals surface area contributed by atoms with Crippen molar-refractivity contribution in [1.82, 2.24) is 5.32 Å². The molecule has 0 radical (unpaired) electrons. The normalized spacial score (nSPS) is 10.1. The average molecular weight is 315 g/mol. The van der Waals surface area contributed by atoms with Crippen LogP contribution in [0, 0.1) is 6.92 Å². The zero-order valence-electron chi connectivity index (χ0n) is 13.8. The van der Waals surface area contributed by atoms with Crippen LogP contribution in [0.1, 0.15) is 21.5 Å². The van der Waals surface area contributed by atoms with Gasteiger partial charge < -0.3 is 19.5 Å². The van der Waals surface area contributed by atoms with Crippen LogP contribution in [0.25, 0.3) is 0 Å². The predicted octanol–water partition coefficient (Wildman–Crippen LogP) is 2.95. The smallest absolute Gasteiger partial charge is 0.251 e. The van der Waals surface area contributed by atoms with Crippen LogP contribution in [0.4, 0.5) is 0 Å². The second-order valence-corrected chi connectivity index (χ2v) is 5.02. The van der Waals surface area contributed by atoms with Gasteiger partial charge in [0.05, 0.1) is 21.3 Å². The molecular weight excluding hydrogens is 294 g/mol. The lowest BCUT2D eigenvalue weighted by atomic mass is 10.1. The maximum absolute atomic E-state index is 12.3. The highest BCUT2D eigenvalue weighted by Crippen LogP contribution is 2.34. The van der Waals surface area contributed by atoms with Gasteiger partial charge in [-0.25, -0.2) is 0 Å². The molecule has 0 spiro atoms. The standard InChI is InChI=1S/C18H21NO4/c1-12-7-5-6-8-14(12)18(20)19-11-13-9-16(22-3)17(23-4)10-15(13)21-2/h5-10H,11H2,1-4H3,(H,19,20). The number of aryl methyl sites for hydroxylation is 1. The van der Waals surface area contributed by atoms with Crippen LogP contribution in [0.5, 0.6) is 17.2 Å². The monoisotopic (exact) mass is 315 g/mol. The zero-order chi connectivity index (χ0) is 16.8. The third-order valence-corrected chi connectivity index (χ3v) is 3.62. The summed E-state index contributed by atoms with van der Waals surface area (Å²) in [4.78, 5) is 12.3.